The van der Waals surface area contributed by atoms with Gasteiger partial charge in [-0.1, -0.05) is 204 Å². The Morgan fingerprint density at radius 2 is 0.727 bits per heavy atom. The predicted molar refractivity (Wildman–Crippen MR) is 298 cm³/mol. The Balaban J connectivity index is 0.000000413. The summed E-state index contributed by atoms with van der Waals surface area (Å²) < 4.78 is 0. The predicted octanol–water partition coefficient (Wildman–Crippen LogP) is 19.8. The van der Waals surface area contributed by atoms with E-state index in [2.05, 4.69) is 171 Å². The first-order valence-electron chi connectivity index (χ1n) is 24.5. The normalized spacial score (nSPS) is 16.4. The van der Waals surface area contributed by atoms with Crippen LogP contribution in [-0.4, -0.2) is 6.88 Å². The molecule has 2 fully saturated rings. The Kier molecular flexibility index (Phi) is 24.7. The van der Waals surface area contributed by atoms with Crippen LogP contribution in [0.4, 0.5) is 0 Å². The standard InChI is InChI=1S/2C30H39.2CH3.2ClH.Si.Zr/c2*1-29(2,3)28-17-10-9-15-26(28)25-16-13-14-24-20-23(21-27(24)25)22-30(4)18-11-7-5-6-8-12-19-30;;;;;;/h2*9-10,13-17,20-21H,5-8,11-12,18-19,22H2,1-4H3;2*1H3;2*1H;;/q4*-1;;;;. The van der Waals surface area contributed by atoms with Crippen molar-refractivity contribution in [3.8, 4) is 22.3 Å². The minimum absolute atomic E-state index is 0. The van der Waals surface area contributed by atoms with Gasteiger partial charge in [0.25, 0.3) is 0 Å². The first-order chi connectivity index (χ1) is 29.7. The van der Waals surface area contributed by atoms with Crippen molar-refractivity contribution >= 4 is 53.2 Å². The van der Waals surface area contributed by atoms with Gasteiger partial charge in [-0.15, -0.1) is 93.9 Å². The quantitative estimate of drug-likeness (QED) is 0.115. The topological polar surface area (TPSA) is 0 Å². The average molecular weight is 1020 g/mol. The molecule has 0 N–H and O–H groups in total. The van der Waals surface area contributed by atoms with Gasteiger partial charge in [-0.3, -0.25) is 0 Å². The summed E-state index contributed by atoms with van der Waals surface area (Å²) >= 11 is 1.36. The van der Waals surface area contributed by atoms with Gasteiger partial charge in [0.2, 0.25) is 0 Å². The van der Waals surface area contributed by atoms with Crippen LogP contribution in [0.25, 0.3) is 43.8 Å². The van der Waals surface area contributed by atoms with E-state index in [1.165, 1.54) is 205 Å². The molecule has 8 rings (SSSR count). The third-order valence-electron chi connectivity index (χ3n) is 14.6. The van der Waals surface area contributed by atoms with Crippen LogP contribution >= 0.6 is 24.8 Å². The molecule has 6 aromatic carbocycles. The van der Waals surface area contributed by atoms with E-state index in [-0.39, 0.29) is 50.5 Å². The Bertz CT molecular complexity index is 2150. The molecule has 0 spiro atoms. The molecule has 2 saturated carbocycles. The van der Waals surface area contributed by atoms with Crippen molar-refractivity contribution in [2.45, 2.75) is 182 Å². The third-order valence-corrected chi connectivity index (χ3v) is 14.6. The van der Waals surface area contributed by atoms with Crippen molar-refractivity contribution in [1.29, 1.82) is 0 Å². The fourth-order valence-electron chi connectivity index (χ4n) is 11.2. The molecular formula is C62H86Cl2SiZr-4. The molecule has 0 heterocycles. The fourth-order valence-corrected chi connectivity index (χ4v) is 11.2. The second kappa shape index (κ2) is 27.2. The van der Waals surface area contributed by atoms with E-state index in [1.54, 1.807) is 0 Å². The Hall–Kier alpha value is -2.22. The molecule has 2 aliphatic carbocycles. The van der Waals surface area contributed by atoms with E-state index in [1.807, 2.05) is 0 Å². The molecule has 2 aliphatic rings. The summed E-state index contributed by atoms with van der Waals surface area (Å²) in [5, 5.41) is 5.66. The van der Waals surface area contributed by atoms with Crippen molar-refractivity contribution in [3.63, 3.8) is 0 Å². The Morgan fingerprint density at radius 3 is 1.05 bits per heavy atom. The average Bonchev–Trinajstić information content (AvgIpc) is 3.89. The molecule has 0 aromatic heterocycles. The first kappa shape index (κ1) is 59.9. The van der Waals surface area contributed by atoms with E-state index in [0.717, 1.165) is 0 Å². The van der Waals surface area contributed by atoms with Gasteiger partial charge in [0.1, 0.15) is 0 Å². The zero-order valence-corrected chi connectivity index (χ0v) is 48.0. The van der Waals surface area contributed by atoms with E-state index >= 15 is 0 Å². The Morgan fingerprint density at radius 1 is 0.439 bits per heavy atom. The summed E-state index contributed by atoms with van der Waals surface area (Å²) in [6, 6.07) is 41.6. The molecule has 0 saturated heterocycles. The summed E-state index contributed by atoms with van der Waals surface area (Å²) in [5.41, 5.74) is 12.7. The maximum atomic E-state index is 3.06. The van der Waals surface area contributed by atoms with Crippen LogP contribution in [0.1, 0.15) is 180 Å². The molecule has 0 amide bonds. The molecule has 6 aromatic rings. The second-order valence-electron chi connectivity index (χ2n) is 22.2. The maximum absolute atomic E-state index is 3.06. The molecule has 0 aliphatic heterocycles. The number of halogens is 2. The van der Waals surface area contributed by atoms with Crippen molar-refractivity contribution in [1.82, 2.24) is 0 Å². The molecular weight excluding hydrogens is 935 g/mol. The number of hydrogen-bond donors (Lipinski definition) is 0. The molecule has 66 heavy (non-hydrogen) atoms. The van der Waals surface area contributed by atoms with E-state index in [4.69, 9.17) is 0 Å². The number of hydrogen-bond acceptors (Lipinski definition) is 0. The van der Waals surface area contributed by atoms with Crippen LogP contribution in [0.5, 0.6) is 0 Å². The van der Waals surface area contributed by atoms with Gasteiger partial charge in [0.05, 0.1) is 0 Å². The summed E-state index contributed by atoms with van der Waals surface area (Å²) in [5.74, 6) is 0. The van der Waals surface area contributed by atoms with Crippen LogP contribution in [0.2, 0.25) is 0 Å². The molecule has 0 atom stereocenters. The molecule has 0 bridgehead atoms. The van der Waals surface area contributed by atoms with Crippen molar-refractivity contribution in [3.05, 3.63) is 146 Å². The van der Waals surface area contributed by atoms with Crippen LogP contribution in [0.3, 0.4) is 0 Å². The first-order valence-corrected chi connectivity index (χ1v) is 28.7. The van der Waals surface area contributed by atoms with Gasteiger partial charge < -0.3 is 14.9 Å². The molecule has 360 valence electrons. The van der Waals surface area contributed by atoms with Crippen LogP contribution in [0, 0.1) is 25.7 Å². The summed E-state index contributed by atoms with van der Waals surface area (Å²) in [4.78, 5) is 0. The molecule has 4 heteroatoms. The van der Waals surface area contributed by atoms with Crippen LogP contribution in [-0.2, 0) is 47.0 Å². The SMILES string of the molecule is CC1(Cc2cc3c(-c4ccccc4C(C)(C)C)cccc3[cH-]2)CCCCCCCC1.CC1(Cc2cc3c(-c4ccccc4C(C)(C)C)cccc3[cH-]2)CCCCCCCC1.Cl.Cl.[CH3-].[CH3-].[Si]=[Zr]. The van der Waals surface area contributed by atoms with Gasteiger partial charge in [0, 0.05) is 0 Å². The summed E-state index contributed by atoms with van der Waals surface area (Å²) in [7, 11) is 0. The van der Waals surface area contributed by atoms with Crippen LogP contribution in [0.15, 0.2) is 109 Å². The van der Waals surface area contributed by atoms with Crippen molar-refractivity contribution < 1.29 is 23.3 Å². The molecule has 0 nitrogen and oxygen atoms in total. The van der Waals surface area contributed by atoms with Crippen LogP contribution < -0.4 is 0 Å². The van der Waals surface area contributed by atoms with E-state index in [9.17, 15) is 0 Å². The van der Waals surface area contributed by atoms with Gasteiger partial charge in [-0.25, -0.2) is 0 Å². The molecule has 0 unspecified atom stereocenters. The number of fused-ring (bicyclic) bond motifs is 2. The monoisotopic (exact) mass is 1020 g/mol. The van der Waals surface area contributed by atoms with Gasteiger partial charge in [-0.2, -0.15) is 12.1 Å². The van der Waals surface area contributed by atoms with Crippen molar-refractivity contribution in [2.75, 3.05) is 0 Å². The third kappa shape index (κ3) is 15.9. The number of benzene rings is 4. The minimum atomic E-state index is 0. The second-order valence-corrected chi connectivity index (χ2v) is 22.2. The van der Waals surface area contributed by atoms with Gasteiger partial charge in [-0.05, 0) is 82.4 Å². The molecule has 2 radical (unpaired) electrons. The van der Waals surface area contributed by atoms with E-state index < -0.39 is 0 Å². The zero-order chi connectivity index (χ0) is 44.4. The fraction of sp³-hybridized carbons (Fsp3) is 0.484. The summed E-state index contributed by atoms with van der Waals surface area (Å²) in [6.45, 7) is 22.1. The Labute approximate surface area is 434 Å². The van der Waals surface area contributed by atoms with E-state index in [0.29, 0.717) is 10.8 Å². The van der Waals surface area contributed by atoms with Crippen molar-refractivity contribution in [2.24, 2.45) is 10.8 Å². The van der Waals surface area contributed by atoms with Gasteiger partial charge in [0.15, 0.2) is 0 Å². The van der Waals surface area contributed by atoms with Gasteiger partial charge >= 0.3 is 30.2 Å². The zero-order valence-electron chi connectivity index (χ0n) is 42.9. The summed E-state index contributed by atoms with van der Waals surface area (Å²) in [6.07, 6.45) is 25.0. The number of rotatable bonds is 6.